The van der Waals surface area contributed by atoms with Crippen molar-refractivity contribution in [3.05, 3.63) is 66.6 Å². The van der Waals surface area contributed by atoms with Gasteiger partial charge in [0.15, 0.2) is 20.7 Å². The van der Waals surface area contributed by atoms with Crippen LogP contribution in [0, 0.1) is 0 Å². The molecule has 0 saturated carbocycles. The third kappa shape index (κ3) is 5.44. The fourth-order valence-electron chi connectivity index (χ4n) is 1.86. The summed E-state index contributed by atoms with van der Waals surface area (Å²) in [5, 5.41) is 2.99. The van der Waals surface area contributed by atoms with Gasteiger partial charge >= 0.3 is 5.91 Å². The van der Waals surface area contributed by atoms with Crippen molar-refractivity contribution < 1.29 is 17.6 Å². The Morgan fingerprint density at radius 1 is 1.16 bits per heavy atom. The van der Waals surface area contributed by atoms with Gasteiger partial charge in [0.1, 0.15) is 11.5 Å². The van der Waals surface area contributed by atoms with Crippen LogP contribution in [0.4, 0.5) is 0 Å². The Hall–Kier alpha value is -2.65. The van der Waals surface area contributed by atoms with Gasteiger partial charge in [0.25, 0.3) is 0 Å². The minimum atomic E-state index is -3.54. The third-order valence-electron chi connectivity index (χ3n) is 3.02. The topological polar surface area (TPSA) is 100 Å². The molecule has 1 heterocycles. The van der Waals surface area contributed by atoms with Crippen LogP contribution in [0.5, 0.6) is 0 Å². The number of hydrazine groups is 1. The molecule has 1 aromatic heterocycles. The van der Waals surface area contributed by atoms with Gasteiger partial charge in [-0.1, -0.05) is 24.3 Å². The van der Waals surface area contributed by atoms with E-state index in [1.807, 2.05) is 0 Å². The molecule has 0 saturated heterocycles. The van der Waals surface area contributed by atoms with Crippen molar-refractivity contribution in [2.75, 3.05) is 6.54 Å². The van der Waals surface area contributed by atoms with E-state index in [4.69, 9.17) is 16.6 Å². The molecule has 0 spiro atoms. The lowest BCUT2D eigenvalue weighted by Crippen LogP contribution is -2.46. The standard InChI is InChI=1S/C16H17N3O4S2/c1-2-10-17-16(24)19-18-15(20)14-9-8-12(23-14)11-25(21,22)13-6-4-3-5-7-13/h2-9H,1,10-11H2,(H,18,20)(H2,17,19,24). The van der Waals surface area contributed by atoms with Gasteiger partial charge in [-0.2, -0.15) is 0 Å². The Labute approximate surface area is 151 Å². The molecule has 0 radical (unpaired) electrons. The molecule has 0 bridgehead atoms. The van der Waals surface area contributed by atoms with E-state index in [-0.39, 0.29) is 27.3 Å². The van der Waals surface area contributed by atoms with Crippen LogP contribution in [0.25, 0.3) is 0 Å². The number of nitrogens with one attached hydrogen (secondary N) is 3. The van der Waals surface area contributed by atoms with Crippen LogP contribution in [0.3, 0.4) is 0 Å². The number of sulfone groups is 1. The minimum Gasteiger partial charge on any atom is -0.455 e. The monoisotopic (exact) mass is 379 g/mol. The van der Waals surface area contributed by atoms with Gasteiger partial charge in [-0.3, -0.25) is 15.6 Å². The van der Waals surface area contributed by atoms with Crippen molar-refractivity contribution >= 4 is 33.1 Å². The van der Waals surface area contributed by atoms with E-state index >= 15 is 0 Å². The van der Waals surface area contributed by atoms with Gasteiger partial charge in [0, 0.05) is 6.54 Å². The Morgan fingerprint density at radius 3 is 2.56 bits per heavy atom. The number of hydrogen-bond donors (Lipinski definition) is 3. The lowest BCUT2D eigenvalue weighted by molar-refractivity contribution is 0.0914. The quantitative estimate of drug-likeness (QED) is 0.398. The smallest absolute Gasteiger partial charge is 0.305 e. The van der Waals surface area contributed by atoms with Crippen LogP contribution >= 0.6 is 12.2 Å². The van der Waals surface area contributed by atoms with E-state index in [1.165, 1.54) is 24.3 Å². The Bertz CT molecular complexity index is 861. The minimum absolute atomic E-state index is 0.0303. The molecule has 9 heteroatoms. The summed E-state index contributed by atoms with van der Waals surface area (Å²) in [4.78, 5) is 12.1. The molecule has 1 amide bonds. The SMILES string of the molecule is C=CCNC(=S)NNC(=O)c1ccc(CS(=O)(=O)c2ccccc2)o1. The summed E-state index contributed by atoms with van der Waals surface area (Å²) in [5.41, 5.74) is 4.84. The number of thiocarbonyl (C=S) groups is 1. The highest BCUT2D eigenvalue weighted by molar-refractivity contribution is 7.90. The normalized spacial score (nSPS) is 10.7. The van der Waals surface area contributed by atoms with Crippen LogP contribution in [0.2, 0.25) is 0 Å². The molecular formula is C16H17N3O4S2. The lowest BCUT2D eigenvalue weighted by Gasteiger charge is -2.08. The maximum atomic E-state index is 12.3. The number of carbonyl (C=O) groups is 1. The number of carbonyl (C=O) groups excluding carboxylic acids is 1. The highest BCUT2D eigenvalue weighted by Crippen LogP contribution is 2.17. The molecule has 0 aliphatic carbocycles. The van der Waals surface area contributed by atoms with Gasteiger partial charge in [-0.15, -0.1) is 6.58 Å². The predicted octanol–water partition coefficient (Wildman–Crippen LogP) is 1.55. The van der Waals surface area contributed by atoms with E-state index in [0.29, 0.717) is 6.54 Å². The van der Waals surface area contributed by atoms with Crippen LogP contribution in [-0.2, 0) is 15.6 Å². The third-order valence-corrected chi connectivity index (χ3v) is 4.92. The van der Waals surface area contributed by atoms with Crippen LogP contribution in [0.15, 0.2) is 64.4 Å². The van der Waals surface area contributed by atoms with E-state index in [0.717, 1.165) is 0 Å². The summed E-state index contributed by atoms with van der Waals surface area (Å²) >= 11 is 4.92. The largest absolute Gasteiger partial charge is 0.455 e. The zero-order valence-electron chi connectivity index (χ0n) is 13.2. The number of hydrogen-bond acceptors (Lipinski definition) is 5. The first-order valence-corrected chi connectivity index (χ1v) is 9.30. The van der Waals surface area contributed by atoms with Crippen molar-refractivity contribution in [3.8, 4) is 0 Å². The molecule has 0 aliphatic heterocycles. The molecule has 132 valence electrons. The summed E-state index contributed by atoms with van der Waals surface area (Å²) in [7, 11) is -3.54. The Morgan fingerprint density at radius 2 is 1.88 bits per heavy atom. The fraction of sp³-hybridized carbons (Fsp3) is 0.125. The molecular weight excluding hydrogens is 362 g/mol. The molecule has 0 atom stereocenters. The molecule has 7 nitrogen and oxygen atoms in total. The van der Waals surface area contributed by atoms with Gasteiger partial charge in [0.2, 0.25) is 0 Å². The molecule has 1 aromatic carbocycles. The Balaban J connectivity index is 1.96. The number of furan rings is 1. The average Bonchev–Trinajstić information content (AvgIpc) is 3.06. The molecule has 2 aromatic rings. The summed E-state index contributed by atoms with van der Waals surface area (Å²) < 4.78 is 29.9. The molecule has 3 N–H and O–H groups in total. The van der Waals surface area contributed by atoms with Gasteiger partial charge in [-0.25, -0.2) is 8.42 Å². The van der Waals surface area contributed by atoms with E-state index in [2.05, 4.69) is 22.7 Å². The maximum Gasteiger partial charge on any atom is 0.305 e. The zero-order chi connectivity index (χ0) is 18.3. The molecule has 0 aliphatic rings. The number of benzene rings is 1. The number of rotatable bonds is 6. The van der Waals surface area contributed by atoms with Crippen molar-refractivity contribution in [2.24, 2.45) is 0 Å². The van der Waals surface area contributed by atoms with E-state index in [1.54, 1.807) is 24.3 Å². The molecule has 25 heavy (non-hydrogen) atoms. The van der Waals surface area contributed by atoms with Crippen LogP contribution < -0.4 is 16.2 Å². The highest BCUT2D eigenvalue weighted by atomic mass is 32.2. The van der Waals surface area contributed by atoms with Crippen molar-refractivity contribution in [2.45, 2.75) is 10.6 Å². The second kappa shape index (κ2) is 8.45. The van der Waals surface area contributed by atoms with E-state index < -0.39 is 15.7 Å². The fourth-order valence-corrected chi connectivity index (χ4v) is 3.26. The lowest BCUT2D eigenvalue weighted by atomic mass is 10.4. The predicted molar refractivity (Wildman–Crippen MR) is 97.4 cm³/mol. The van der Waals surface area contributed by atoms with Gasteiger partial charge in [0.05, 0.1) is 4.90 Å². The summed E-state index contributed by atoms with van der Waals surface area (Å²) in [6, 6.07) is 10.9. The molecule has 0 fully saturated rings. The number of amides is 1. The summed E-state index contributed by atoms with van der Waals surface area (Å²) in [6.07, 6.45) is 1.61. The average molecular weight is 379 g/mol. The highest BCUT2D eigenvalue weighted by Gasteiger charge is 2.19. The van der Waals surface area contributed by atoms with Crippen LogP contribution in [-0.4, -0.2) is 26.0 Å². The summed E-state index contributed by atoms with van der Waals surface area (Å²) in [6.45, 7) is 3.98. The first-order valence-electron chi connectivity index (χ1n) is 7.24. The first kappa shape index (κ1) is 18.7. The summed E-state index contributed by atoms with van der Waals surface area (Å²) in [5.74, 6) is -0.776. The van der Waals surface area contributed by atoms with Crippen molar-refractivity contribution in [1.82, 2.24) is 16.2 Å². The van der Waals surface area contributed by atoms with Gasteiger partial charge in [-0.05, 0) is 36.5 Å². The van der Waals surface area contributed by atoms with Crippen molar-refractivity contribution in [1.29, 1.82) is 0 Å². The van der Waals surface area contributed by atoms with E-state index in [9.17, 15) is 13.2 Å². The second-order valence-corrected chi connectivity index (χ2v) is 7.31. The van der Waals surface area contributed by atoms with Crippen molar-refractivity contribution in [3.63, 3.8) is 0 Å². The molecule has 0 unspecified atom stereocenters. The second-order valence-electron chi connectivity index (χ2n) is 4.92. The maximum absolute atomic E-state index is 12.3. The van der Waals surface area contributed by atoms with Crippen LogP contribution in [0.1, 0.15) is 16.3 Å². The molecule has 2 rings (SSSR count). The van der Waals surface area contributed by atoms with Gasteiger partial charge < -0.3 is 9.73 Å². The Kier molecular flexibility index (Phi) is 6.31. The zero-order valence-corrected chi connectivity index (χ0v) is 14.8. The first-order chi connectivity index (χ1) is 11.9.